The normalized spacial score (nSPS) is 17.2. The first kappa shape index (κ1) is 17.5. The summed E-state index contributed by atoms with van der Waals surface area (Å²) in [5, 5.41) is 0.459. The summed E-state index contributed by atoms with van der Waals surface area (Å²) >= 11 is 5.77. The summed E-state index contributed by atoms with van der Waals surface area (Å²) in [5.41, 5.74) is 1.01. The van der Waals surface area contributed by atoms with E-state index in [0.717, 1.165) is 24.2 Å². The Morgan fingerprint density at radius 2 is 2.08 bits per heavy atom. The van der Waals surface area contributed by atoms with E-state index in [1.807, 2.05) is 31.2 Å². The molecule has 1 atom stereocenters. The summed E-state index contributed by atoms with van der Waals surface area (Å²) in [6.07, 6.45) is 4.58. The Bertz CT molecular complexity index is 724. The molecule has 1 aromatic carbocycles. The van der Waals surface area contributed by atoms with Crippen LogP contribution in [0, 0.1) is 6.92 Å². The van der Waals surface area contributed by atoms with E-state index in [-0.39, 0.29) is 24.6 Å². The Kier molecular flexibility index (Phi) is 5.71. The molecule has 0 aliphatic carbocycles. The molecule has 1 fully saturated rings. The second-order valence-electron chi connectivity index (χ2n) is 5.96. The first-order chi connectivity index (χ1) is 12.1. The molecule has 1 aliphatic heterocycles. The van der Waals surface area contributed by atoms with E-state index in [2.05, 4.69) is 9.97 Å². The van der Waals surface area contributed by atoms with Crippen molar-refractivity contribution in [2.45, 2.75) is 25.9 Å². The van der Waals surface area contributed by atoms with Crippen LogP contribution in [-0.4, -0.2) is 46.6 Å². The van der Waals surface area contributed by atoms with Gasteiger partial charge in [0.15, 0.2) is 6.61 Å². The molecule has 7 heteroatoms. The van der Waals surface area contributed by atoms with Gasteiger partial charge in [-0.3, -0.25) is 4.79 Å². The minimum absolute atomic E-state index is 0.0228. The van der Waals surface area contributed by atoms with Gasteiger partial charge in [-0.2, -0.15) is 0 Å². The van der Waals surface area contributed by atoms with Crippen molar-refractivity contribution in [2.24, 2.45) is 0 Å². The van der Waals surface area contributed by atoms with Crippen molar-refractivity contribution in [1.82, 2.24) is 14.9 Å². The fourth-order valence-electron chi connectivity index (χ4n) is 2.72. The predicted octanol–water partition coefficient (Wildman–Crippen LogP) is 2.89. The highest BCUT2D eigenvalue weighted by Crippen LogP contribution is 2.18. The number of amides is 1. The summed E-state index contributed by atoms with van der Waals surface area (Å²) < 4.78 is 11.4. The number of nitrogens with zero attached hydrogens (tertiary/aromatic N) is 3. The quantitative estimate of drug-likeness (QED) is 0.819. The molecule has 132 valence electrons. The van der Waals surface area contributed by atoms with Crippen LogP contribution in [0.4, 0.5) is 0 Å². The van der Waals surface area contributed by atoms with E-state index >= 15 is 0 Å². The number of para-hydroxylation sites is 1. The third-order valence-corrected chi connectivity index (χ3v) is 4.24. The van der Waals surface area contributed by atoms with Crippen molar-refractivity contribution in [1.29, 1.82) is 0 Å². The lowest BCUT2D eigenvalue weighted by molar-refractivity contribution is -0.136. The molecule has 0 N–H and O–H groups in total. The molecule has 1 aromatic heterocycles. The van der Waals surface area contributed by atoms with Crippen LogP contribution in [0.5, 0.6) is 11.8 Å². The van der Waals surface area contributed by atoms with E-state index in [0.29, 0.717) is 18.1 Å². The van der Waals surface area contributed by atoms with Gasteiger partial charge < -0.3 is 14.4 Å². The molecule has 6 nitrogen and oxygen atoms in total. The third kappa shape index (κ3) is 4.82. The SMILES string of the molecule is Cc1ccccc1OCC(=O)N1CCCC(Oc2ncc(Cl)cn2)C1. The molecule has 25 heavy (non-hydrogen) atoms. The van der Waals surface area contributed by atoms with E-state index < -0.39 is 0 Å². The molecule has 2 heterocycles. The number of hydrogen-bond donors (Lipinski definition) is 0. The Morgan fingerprint density at radius 3 is 2.84 bits per heavy atom. The van der Waals surface area contributed by atoms with Gasteiger partial charge in [0.1, 0.15) is 11.9 Å². The van der Waals surface area contributed by atoms with Gasteiger partial charge in [-0.05, 0) is 31.4 Å². The molecular formula is C18H20ClN3O3. The monoisotopic (exact) mass is 361 g/mol. The van der Waals surface area contributed by atoms with Crippen LogP contribution in [-0.2, 0) is 4.79 Å². The van der Waals surface area contributed by atoms with Crippen molar-refractivity contribution in [2.75, 3.05) is 19.7 Å². The van der Waals surface area contributed by atoms with Gasteiger partial charge in [0.2, 0.25) is 0 Å². The minimum atomic E-state index is -0.127. The Hall–Kier alpha value is -2.34. The number of carbonyl (C=O) groups is 1. The summed E-state index contributed by atoms with van der Waals surface area (Å²) in [5.74, 6) is 0.684. The largest absolute Gasteiger partial charge is 0.484 e. The van der Waals surface area contributed by atoms with E-state index in [1.165, 1.54) is 12.4 Å². The third-order valence-electron chi connectivity index (χ3n) is 4.04. The van der Waals surface area contributed by atoms with Crippen LogP contribution in [0.2, 0.25) is 5.02 Å². The van der Waals surface area contributed by atoms with Gasteiger partial charge in [-0.1, -0.05) is 29.8 Å². The maximum atomic E-state index is 12.4. The Balaban J connectivity index is 1.52. The standard InChI is InChI=1S/C18H20ClN3O3/c1-13-5-2-3-7-16(13)24-12-17(23)22-8-4-6-15(11-22)25-18-20-9-14(19)10-21-18/h2-3,5,7,9-10,15H,4,6,8,11-12H2,1H3. The fraction of sp³-hybridized carbons (Fsp3) is 0.389. The maximum Gasteiger partial charge on any atom is 0.316 e. The second-order valence-corrected chi connectivity index (χ2v) is 6.40. The molecule has 1 aliphatic rings. The van der Waals surface area contributed by atoms with Crippen LogP contribution < -0.4 is 9.47 Å². The van der Waals surface area contributed by atoms with E-state index in [1.54, 1.807) is 4.90 Å². The molecule has 1 unspecified atom stereocenters. The predicted molar refractivity (Wildman–Crippen MR) is 93.9 cm³/mol. The summed E-state index contributed by atoms with van der Waals surface area (Å²) in [6.45, 7) is 3.19. The van der Waals surface area contributed by atoms with Crippen molar-refractivity contribution in [3.8, 4) is 11.8 Å². The number of piperidine rings is 1. The molecule has 0 bridgehead atoms. The molecule has 0 radical (unpaired) electrons. The number of ether oxygens (including phenoxy) is 2. The smallest absolute Gasteiger partial charge is 0.316 e. The highest BCUT2D eigenvalue weighted by atomic mass is 35.5. The maximum absolute atomic E-state index is 12.4. The van der Waals surface area contributed by atoms with Crippen LogP contribution in [0.15, 0.2) is 36.7 Å². The highest BCUT2D eigenvalue weighted by molar-refractivity contribution is 6.30. The molecule has 3 rings (SSSR count). The number of rotatable bonds is 5. The lowest BCUT2D eigenvalue weighted by Gasteiger charge is -2.32. The summed E-state index contributed by atoms with van der Waals surface area (Å²) in [6, 6.07) is 7.93. The van der Waals surface area contributed by atoms with Crippen molar-refractivity contribution < 1.29 is 14.3 Å². The van der Waals surface area contributed by atoms with Crippen LogP contribution >= 0.6 is 11.6 Å². The topological polar surface area (TPSA) is 64.5 Å². The number of aryl methyl sites for hydroxylation is 1. The molecular weight excluding hydrogens is 342 g/mol. The van der Waals surface area contributed by atoms with Crippen LogP contribution in [0.1, 0.15) is 18.4 Å². The number of benzene rings is 1. The second kappa shape index (κ2) is 8.16. The highest BCUT2D eigenvalue weighted by Gasteiger charge is 2.25. The average molecular weight is 362 g/mol. The van der Waals surface area contributed by atoms with E-state index in [9.17, 15) is 4.79 Å². The molecule has 0 saturated carbocycles. The zero-order chi connectivity index (χ0) is 17.6. The molecule has 0 spiro atoms. The number of likely N-dealkylation sites (tertiary alicyclic amines) is 1. The first-order valence-corrected chi connectivity index (χ1v) is 8.60. The molecule has 2 aromatic rings. The minimum Gasteiger partial charge on any atom is -0.484 e. The van der Waals surface area contributed by atoms with Gasteiger partial charge >= 0.3 is 6.01 Å². The summed E-state index contributed by atoms with van der Waals surface area (Å²) in [7, 11) is 0. The first-order valence-electron chi connectivity index (χ1n) is 8.22. The zero-order valence-corrected chi connectivity index (χ0v) is 14.8. The van der Waals surface area contributed by atoms with Crippen molar-refractivity contribution in [3.63, 3.8) is 0 Å². The molecule has 1 amide bonds. The van der Waals surface area contributed by atoms with Crippen molar-refractivity contribution >= 4 is 17.5 Å². The number of hydrogen-bond acceptors (Lipinski definition) is 5. The van der Waals surface area contributed by atoms with Gasteiger partial charge in [-0.15, -0.1) is 0 Å². The zero-order valence-electron chi connectivity index (χ0n) is 14.0. The number of aromatic nitrogens is 2. The number of carbonyl (C=O) groups excluding carboxylic acids is 1. The van der Waals surface area contributed by atoms with Crippen LogP contribution in [0.3, 0.4) is 0 Å². The lowest BCUT2D eigenvalue weighted by Crippen LogP contribution is -2.46. The lowest BCUT2D eigenvalue weighted by atomic mass is 10.1. The average Bonchev–Trinajstić information content (AvgIpc) is 2.63. The number of halogens is 1. The van der Waals surface area contributed by atoms with Gasteiger partial charge in [0.05, 0.1) is 24.0 Å². The van der Waals surface area contributed by atoms with Gasteiger partial charge in [0.25, 0.3) is 5.91 Å². The molecule has 1 saturated heterocycles. The Labute approximate surface area is 151 Å². The van der Waals surface area contributed by atoms with E-state index in [4.69, 9.17) is 21.1 Å². The van der Waals surface area contributed by atoms with Crippen LogP contribution in [0.25, 0.3) is 0 Å². The van der Waals surface area contributed by atoms with Crippen molar-refractivity contribution in [3.05, 3.63) is 47.2 Å². The summed E-state index contributed by atoms with van der Waals surface area (Å²) in [4.78, 5) is 22.3. The fourth-order valence-corrected chi connectivity index (χ4v) is 2.82. The van der Waals surface area contributed by atoms with Gasteiger partial charge in [-0.25, -0.2) is 9.97 Å². The van der Waals surface area contributed by atoms with Gasteiger partial charge in [0, 0.05) is 6.54 Å². The Morgan fingerprint density at radius 1 is 1.32 bits per heavy atom.